The van der Waals surface area contributed by atoms with Gasteiger partial charge in [-0.2, -0.15) is 11.8 Å². The zero-order valence-electron chi connectivity index (χ0n) is 13.9. The summed E-state index contributed by atoms with van der Waals surface area (Å²) < 4.78 is 2.05. The van der Waals surface area contributed by atoms with Gasteiger partial charge < -0.3 is 10.6 Å². The Bertz CT molecular complexity index is 653. The maximum atomic E-state index is 4.29. The highest BCUT2D eigenvalue weighted by molar-refractivity contribution is 14.0. The molecule has 24 heavy (non-hydrogen) atoms. The van der Waals surface area contributed by atoms with E-state index in [-0.39, 0.29) is 24.0 Å². The van der Waals surface area contributed by atoms with Crippen LogP contribution in [0.3, 0.4) is 0 Å². The van der Waals surface area contributed by atoms with Gasteiger partial charge in [-0.05, 0) is 37.1 Å². The number of nitrogens with zero attached hydrogens (tertiary/aromatic N) is 4. The molecule has 1 fully saturated rings. The fraction of sp³-hybridized carbons (Fsp3) is 0.562. The maximum absolute atomic E-state index is 4.29. The first-order valence-electron chi connectivity index (χ1n) is 8.21. The van der Waals surface area contributed by atoms with E-state index >= 15 is 0 Å². The molecule has 0 aliphatic carbocycles. The summed E-state index contributed by atoms with van der Waals surface area (Å²) in [4.78, 5) is 4.29. The van der Waals surface area contributed by atoms with Gasteiger partial charge in [-0.1, -0.05) is 6.07 Å². The Morgan fingerprint density at radius 2 is 2.29 bits per heavy atom. The Labute approximate surface area is 164 Å². The molecule has 2 aromatic heterocycles. The first kappa shape index (κ1) is 19.3. The molecule has 0 bridgehead atoms. The molecule has 0 saturated carbocycles. The van der Waals surface area contributed by atoms with Crippen LogP contribution in [0.4, 0.5) is 0 Å². The van der Waals surface area contributed by atoms with Gasteiger partial charge in [-0.25, -0.2) is 0 Å². The van der Waals surface area contributed by atoms with Crippen LogP contribution in [-0.4, -0.2) is 51.7 Å². The molecule has 0 aromatic carbocycles. The van der Waals surface area contributed by atoms with Gasteiger partial charge >= 0.3 is 0 Å². The Morgan fingerprint density at radius 3 is 3.08 bits per heavy atom. The number of halogens is 1. The second-order valence-electron chi connectivity index (χ2n) is 5.66. The van der Waals surface area contributed by atoms with Gasteiger partial charge in [-0.3, -0.25) is 9.39 Å². The van der Waals surface area contributed by atoms with Gasteiger partial charge in [0.2, 0.25) is 0 Å². The lowest BCUT2D eigenvalue weighted by Gasteiger charge is -2.14. The summed E-state index contributed by atoms with van der Waals surface area (Å²) in [6.07, 6.45) is 6.56. The molecule has 2 aromatic rings. The molecule has 2 N–H and O–H groups in total. The van der Waals surface area contributed by atoms with Gasteiger partial charge in [0.15, 0.2) is 11.6 Å². The van der Waals surface area contributed by atoms with Crippen LogP contribution >= 0.6 is 35.7 Å². The molecule has 1 aliphatic rings. The third kappa shape index (κ3) is 5.23. The van der Waals surface area contributed by atoms with Crippen molar-refractivity contribution < 1.29 is 0 Å². The molecular weight excluding hydrogens is 435 g/mol. The van der Waals surface area contributed by atoms with E-state index in [1.54, 1.807) is 0 Å². The molecule has 6 nitrogen and oxygen atoms in total. The Balaban J connectivity index is 0.00000208. The summed E-state index contributed by atoms with van der Waals surface area (Å²) in [5, 5.41) is 16.0. The fourth-order valence-electron chi connectivity index (χ4n) is 2.75. The second-order valence-corrected chi connectivity index (χ2v) is 7.07. The van der Waals surface area contributed by atoms with E-state index in [9.17, 15) is 0 Å². The minimum absolute atomic E-state index is 0. The van der Waals surface area contributed by atoms with E-state index in [1.807, 2.05) is 35.8 Å². The highest BCUT2D eigenvalue weighted by Gasteiger charge is 2.15. The van der Waals surface area contributed by atoms with Crippen molar-refractivity contribution in [2.75, 3.05) is 25.9 Å². The summed E-state index contributed by atoms with van der Waals surface area (Å²) in [5.41, 5.74) is 0.905. The van der Waals surface area contributed by atoms with Crippen LogP contribution in [0.15, 0.2) is 29.4 Å². The summed E-state index contributed by atoms with van der Waals surface area (Å²) in [5.74, 6) is 3.20. The minimum Gasteiger partial charge on any atom is -0.356 e. The lowest BCUT2D eigenvalue weighted by molar-refractivity contribution is 0.697. The number of aliphatic imine (C=N–C) groups is 1. The number of guanidine groups is 1. The van der Waals surface area contributed by atoms with Gasteiger partial charge in [-0.15, -0.1) is 34.2 Å². The SMILES string of the molecule is CN=C(NCCCc1nnc2ccccn12)NCC1CCCS1.I. The number of nitrogens with one attached hydrogen (secondary N) is 2. The first-order chi connectivity index (χ1) is 11.4. The van der Waals surface area contributed by atoms with E-state index < -0.39 is 0 Å². The topological polar surface area (TPSA) is 66.6 Å². The number of aryl methyl sites for hydroxylation is 1. The van der Waals surface area contributed by atoms with Gasteiger partial charge in [0.05, 0.1) is 0 Å². The smallest absolute Gasteiger partial charge is 0.191 e. The number of hydrogen-bond donors (Lipinski definition) is 2. The highest BCUT2D eigenvalue weighted by atomic mass is 127. The van der Waals surface area contributed by atoms with Crippen LogP contribution in [0.25, 0.3) is 5.65 Å². The van der Waals surface area contributed by atoms with Crippen molar-refractivity contribution in [2.24, 2.45) is 4.99 Å². The second kappa shape index (κ2) is 10.1. The molecule has 0 amide bonds. The van der Waals surface area contributed by atoms with Crippen molar-refractivity contribution in [3.63, 3.8) is 0 Å². The molecule has 1 saturated heterocycles. The Hall–Kier alpha value is -1.03. The fourth-order valence-corrected chi connectivity index (χ4v) is 3.95. The molecule has 3 rings (SSSR count). The normalized spacial score (nSPS) is 17.7. The summed E-state index contributed by atoms with van der Waals surface area (Å²) in [6, 6.07) is 5.96. The number of rotatable bonds is 6. The molecular formula is C16H25IN6S. The predicted molar refractivity (Wildman–Crippen MR) is 112 cm³/mol. The van der Waals surface area contributed by atoms with Gasteiger partial charge in [0.1, 0.15) is 5.82 Å². The van der Waals surface area contributed by atoms with Crippen LogP contribution < -0.4 is 10.6 Å². The monoisotopic (exact) mass is 460 g/mol. The molecule has 8 heteroatoms. The third-order valence-electron chi connectivity index (χ3n) is 4.00. The average molecular weight is 460 g/mol. The van der Waals surface area contributed by atoms with Crippen LogP contribution in [0.1, 0.15) is 25.1 Å². The highest BCUT2D eigenvalue weighted by Crippen LogP contribution is 2.25. The largest absolute Gasteiger partial charge is 0.356 e. The number of thioether (sulfide) groups is 1. The van der Waals surface area contributed by atoms with Crippen molar-refractivity contribution in [1.82, 2.24) is 25.2 Å². The van der Waals surface area contributed by atoms with Gasteiger partial charge in [0, 0.05) is 38.0 Å². The van der Waals surface area contributed by atoms with Crippen LogP contribution in [0, 0.1) is 0 Å². The van der Waals surface area contributed by atoms with Crippen molar-refractivity contribution >= 4 is 47.3 Å². The van der Waals surface area contributed by atoms with Crippen LogP contribution in [-0.2, 0) is 6.42 Å². The Morgan fingerprint density at radius 1 is 1.38 bits per heavy atom. The molecule has 1 atom stereocenters. The summed E-state index contributed by atoms with van der Waals surface area (Å²) in [7, 11) is 1.82. The van der Waals surface area contributed by atoms with E-state index in [0.717, 1.165) is 48.6 Å². The number of aromatic nitrogens is 3. The number of pyridine rings is 1. The molecule has 0 spiro atoms. The predicted octanol–water partition coefficient (Wildman–Crippen LogP) is 2.34. The van der Waals surface area contributed by atoms with Crippen molar-refractivity contribution in [3.8, 4) is 0 Å². The maximum Gasteiger partial charge on any atom is 0.191 e. The molecule has 1 aliphatic heterocycles. The third-order valence-corrected chi connectivity index (χ3v) is 5.40. The number of fused-ring (bicyclic) bond motifs is 1. The van der Waals surface area contributed by atoms with Crippen molar-refractivity contribution in [1.29, 1.82) is 0 Å². The molecule has 132 valence electrons. The zero-order valence-corrected chi connectivity index (χ0v) is 17.1. The van der Waals surface area contributed by atoms with Gasteiger partial charge in [0.25, 0.3) is 0 Å². The van der Waals surface area contributed by atoms with Crippen molar-refractivity contribution in [2.45, 2.75) is 30.9 Å². The quantitative estimate of drug-likeness (QED) is 0.300. The Kier molecular flexibility index (Phi) is 8.10. The van der Waals surface area contributed by atoms with Crippen LogP contribution in [0.2, 0.25) is 0 Å². The summed E-state index contributed by atoms with van der Waals surface area (Å²) in [6.45, 7) is 1.87. The standard InChI is InChI=1S/C16H24N6S.HI/c1-17-16(19-12-13-6-5-11-23-13)18-9-4-8-15-21-20-14-7-2-3-10-22(14)15;/h2-3,7,10,13H,4-6,8-9,11-12H2,1H3,(H2,17,18,19);1H. The first-order valence-corrected chi connectivity index (χ1v) is 9.26. The van der Waals surface area contributed by atoms with E-state index in [4.69, 9.17) is 0 Å². The van der Waals surface area contributed by atoms with Crippen molar-refractivity contribution in [3.05, 3.63) is 30.2 Å². The lowest BCUT2D eigenvalue weighted by Crippen LogP contribution is -2.40. The lowest BCUT2D eigenvalue weighted by atomic mass is 10.2. The average Bonchev–Trinajstić information content (AvgIpc) is 3.24. The molecule has 3 heterocycles. The van der Waals surface area contributed by atoms with E-state index in [2.05, 4.69) is 37.6 Å². The van der Waals surface area contributed by atoms with E-state index in [0.29, 0.717) is 0 Å². The van der Waals surface area contributed by atoms with Crippen LogP contribution in [0.5, 0.6) is 0 Å². The number of hydrogen-bond acceptors (Lipinski definition) is 4. The summed E-state index contributed by atoms with van der Waals surface area (Å²) >= 11 is 2.06. The molecule has 0 radical (unpaired) electrons. The zero-order chi connectivity index (χ0) is 15.9. The minimum atomic E-state index is 0. The molecule has 1 unspecified atom stereocenters. The van der Waals surface area contributed by atoms with E-state index in [1.165, 1.54) is 18.6 Å².